The van der Waals surface area contributed by atoms with Crippen molar-refractivity contribution < 1.29 is 4.74 Å². The molecule has 0 aliphatic heterocycles. The molecule has 2 N–H and O–H groups in total. The Morgan fingerprint density at radius 1 is 1.29 bits per heavy atom. The molecular formula is C12H27NO. The van der Waals surface area contributed by atoms with Crippen LogP contribution in [0.2, 0.25) is 0 Å². The predicted molar refractivity (Wildman–Crippen MR) is 62.3 cm³/mol. The summed E-state index contributed by atoms with van der Waals surface area (Å²) in [5, 5.41) is 0. The molecule has 2 unspecified atom stereocenters. The minimum absolute atomic E-state index is 0.333. The summed E-state index contributed by atoms with van der Waals surface area (Å²) in [5.41, 5.74) is 6.46. The first-order valence-electron chi connectivity index (χ1n) is 5.59. The zero-order valence-electron chi connectivity index (χ0n) is 10.5. The quantitative estimate of drug-likeness (QED) is 0.717. The van der Waals surface area contributed by atoms with Crippen LogP contribution in [0.4, 0.5) is 0 Å². The topological polar surface area (TPSA) is 35.2 Å². The molecule has 0 saturated heterocycles. The normalized spacial score (nSPS) is 16.7. The van der Waals surface area contributed by atoms with Gasteiger partial charge in [0.15, 0.2) is 0 Å². The van der Waals surface area contributed by atoms with E-state index in [-0.39, 0.29) is 0 Å². The highest BCUT2D eigenvalue weighted by Gasteiger charge is 2.14. The zero-order valence-corrected chi connectivity index (χ0v) is 10.5. The minimum Gasteiger partial charge on any atom is -0.384 e. The Labute approximate surface area is 89.2 Å². The van der Waals surface area contributed by atoms with E-state index in [2.05, 4.69) is 27.7 Å². The van der Waals surface area contributed by atoms with Gasteiger partial charge in [0.05, 0.1) is 0 Å². The highest BCUT2D eigenvalue weighted by Crippen LogP contribution is 2.22. The molecule has 86 valence electrons. The third-order valence-electron chi connectivity index (χ3n) is 2.42. The van der Waals surface area contributed by atoms with Crippen molar-refractivity contribution in [3.63, 3.8) is 0 Å². The fourth-order valence-corrected chi connectivity index (χ4v) is 1.61. The summed E-state index contributed by atoms with van der Waals surface area (Å²) in [5.74, 6) is 0.579. The Hall–Kier alpha value is -0.0800. The highest BCUT2D eigenvalue weighted by molar-refractivity contribution is 4.70. The smallest absolute Gasteiger partial charge is 0.0488 e. The van der Waals surface area contributed by atoms with Crippen LogP contribution in [0.15, 0.2) is 0 Å². The van der Waals surface area contributed by atoms with Crippen molar-refractivity contribution >= 4 is 0 Å². The second kappa shape index (κ2) is 6.41. The van der Waals surface area contributed by atoms with E-state index in [1.54, 1.807) is 7.11 Å². The number of hydrogen-bond acceptors (Lipinski definition) is 2. The van der Waals surface area contributed by atoms with Crippen LogP contribution < -0.4 is 5.73 Å². The van der Waals surface area contributed by atoms with Crippen molar-refractivity contribution in [1.82, 2.24) is 0 Å². The Bertz CT molecular complexity index is 140. The Balaban J connectivity index is 3.59. The average molecular weight is 201 g/mol. The van der Waals surface area contributed by atoms with Crippen LogP contribution in [0.1, 0.15) is 47.0 Å². The number of methoxy groups -OCH3 is 1. The van der Waals surface area contributed by atoms with Crippen LogP contribution in [-0.4, -0.2) is 19.8 Å². The largest absolute Gasteiger partial charge is 0.384 e. The van der Waals surface area contributed by atoms with E-state index in [9.17, 15) is 0 Å². The van der Waals surface area contributed by atoms with Gasteiger partial charge in [-0.05, 0) is 30.6 Å². The standard InChI is InChI=1S/C12H27NO/c1-10(9-14-5)8-11(13)6-7-12(2,3)4/h10-11H,6-9,13H2,1-5H3. The molecule has 2 atom stereocenters. The first-order chi connectivity index (χ1) is 6.35. The van der Waals surface area contributed by atoms with Crippen LogP contribution in [0.3, 0.4) is 0 Å². The Morgan fingerprint density at radius 3 is 2.29 bits per heavy atom. The zero-order chi connectivity index (χ0) is 11.2. The maximum atomic E-state index is 6.06. The van der Waals surface area contributed by atoms with Crippen LogP contribution in [0, 0.1) is 11.3 Å². The SMILES string of the molecule is COCC(C)CC(N)CCC(C)(C)C. The van der Waals surface area contributed by atoms with Crippen molar-refractivity contribution in [2.24, 2.45) is 17.1 Å². The van der Waals surface area contributed by atoms with Gasteiger partial charge in [-0.15, -0.1) is 0 Å². The first-order valence-corrected chi connectivity index (χ1v) is 5.59. The number of nitrogens with two attached hydrogens (primary N) is 1. The van der Waals surface area contributed by atoms with E-state index >= 15 is 0 Å². The molecule has 0 aromatic carbocycles. The first kappa shape index (κ1) is 13.9. The van der Waals surface area contributed by atoms with Crippen LogP contribution in [0.25, 0.3) is 0 Å². The van der Waals surface area contributed by atoms with Gasteiger partial charge in [-0.25, -0.2) is 0 Å². The summed E-state index contributed by atoms with van der Waals surface area (Å²) in [4.78, 5) is 0. The lowest BCUT2D eigenvalue weighted by Gasteiger charge is -2.22. The van der Waals surface area contributed by atoms with Gasteiger partial charge in [0.1, 0.15) is 0 Å². The van der Waals surface area contributed by atoms with Gasteiger partial charge in [-0.2, -0.15) is 0 Å². The van der Waals surface area contributed by atoms with Gasteiger partial charge in [-0.3, -0.25) is 0 Å². The molecule has 0 aromatic heterocycles. The summed E-state index contributed by atoms with van der Waals surface area (Å²) in [6.07, 6.45) is 3.40. The van der Waals surface area contributed by atoms with E-state index in [1.165, 1.54) is 6.42 Å². The lowest BCUT2D eigenvalue weighted by Crippen LogP contribution is -2.26. The molecule has 0 saturated carbocycles. The number of hydrogen-bond donors (Lipinski definition) is 1. The molecule has 0 fully saturated rings. The molecule has 0 aliphatic carbocycles. The highest BCUT2D eigenvalue weighted by atomic mass is 16.5. The average Bonchev–Trinajstić information content (AvgIpc) is 2.00. The summed E-state index contributed by atoms with van der Waals surface area (Å²) in [6, 6.07) is 0.333. The maximum absolute atomic E-state index is 6.06. The van der Waals surface area contributed by atoms with Gasteiger partial charge >= 0.3 is 0 Å². The van der Waals surface area contributed by atoms with Crippen molar-refractivity contribution in [3.05, 3.63) is 0 Å². The van der Waals surface area contributed by atoms with Crippen molar-refractivity contribution in [1.29, 1.82) is 0 Å². The molecule has 2 nitrogen and oxygen atoms in total. The van der Waals surface area contributed by atoms with Gasteiger partial charge in [0.25, 0.3) is 0 Å². The third-order valence-corrected chi connectivity index (χ3v) is 2.42. The molecule has 0 heterocycles. The van der Waals surface area contributed by atoms with E-state index < -0.39 is 0 Å². The van der Waals surface area contributed by atoms with Crippen LogP contribution in [-0.2, 0) is 4.74 Å². The van der Waals surface area contributed by atoms with Crippen molar-refractivity contribution in [2.45, 2.75) is 53.0 Å². The van der Waals surface area contributed by atoms with E-state index in [4.69, 9.17) is 10.5 Å². The minimum atomic E-state index is 0.333. The monoisotopic (exact) mass is 201 g/mol. The predicted octanol–water partition coefficient (Wildman–Crippen LogP) is 2.81. The Kier molecular flexibility index (Phi) is 6.38. The molecular weight excluding hydrogens is 174 g/mol. The summed E-state index contributed by atoms with van der Waals surface area (Å²) in [7, 11) is 1.75. The molecule has 0 bridgehead atoms. The van der Waals surface area contributed by atoms with E-state index in [1.807, 2.05) is 0 Å². The summed E-state index contributed by atoms with van der Waals surface area (Å²) >= 11 is 0. The fourth-order valence-electron chi connectivity index (χ4n) is 1.61. The lowest BCUT2D eigenvalue weighted by molar-refractivity contribution is 0.150. The van der Waals surface area contributed by atoms with Crippen molar-refractivity contribution in [3.8, 4) is 0 Å². The lowest BCUT2D eigenvalue weighted by atomic mass is 9.87. The molecule has 0 aromatic rings. The van der Waals surface area contributed by atoms with E-state index in [0.717, 1.165) is 19.4 Å². The second-order valence-corrected chi connectivity index (χ2v) is 5.66. The summed E-state index contributed by atoms with van der Waals surface area (Å²) in [6.45, 7) is 9.80. The molecule has 0 rings (SSSR count). The van der Waals surface area contributed by atoms with Gasteiger partial charge in [0, 0.05) is 19.8 Å². The Morgan fingerprint density at radius 2 is 1.86 bits per heavy atom. The molecule has 0 spiro atoms. The van der Waals surface area contributed by atoms with Crippen molar-refractivity contribution in [2.75, 3.05) is 13.7 Å². The molecule has 14 heavy (non-hydrogen) atoms. The number of ether oxygens (including phenoxy) is 1. The second-order valence-electron chi connectivity index (χ2n) is 5.66. The van der Waals surface area contributed by atoms with Crippen LogP contribution in [0.5, 0.6) is 0 Å². The third kappa shape index (κ3) is 8.52. The molecule has 0 aliphatic rings. The molecule has 2 heteroatoms. The van der Waals surface area contributed by atoms with Gasteiger partial charge in [-0.1, -0.05) is 27.7 Å². The van der Waals surface area contributed by atoms with E-state index in [0.29, 0.717) is 17.4 Å². The summed E-state index contributed by atoms with van der Waals surface area (Å²) < 4.78 is 5.09. The van der Waals surface area contributed by atoms with Crippen LogP contribution >= 0.6 is 0 Å². The fraction of sp³-hybridized carbons (Fsp3) is 1.00. The number of rotatable bonds is 6. The molecule has 0 radical (unpaired) electrons. The van der Waals surface area contributed by atoms with Gasteiger partial charge < -0.3 is 10.5 Å². The molecule has 0 amide bonds. The maximum Gasteiger partial charge on any atom is 0.0488 e. The van der Waals surface area contributed by atoms with Gasteiger partial charge in [0.2, 0.25) is 0 Å².